The van der Waals surface area contributed by atoms with E-state index in [4.69, 9.17) is 0 Å². The minimum atomic E-state index is 0.351. The summed E-state index contributed by atoms with van der Waals surface area (Å²) in [5, 5.41) is 7.55. The number of rotatable bonds is 6. The fraction of sp³-hybridized carbons (Fsp3) is 0.714. The number of nitrogens with zero attached hydrogens (tertiary/aromatic N) is 2. The number of aromatic nitrogens is 2. The minimum absolute atomic E-state index is 0.351. The molecule has 0 amide bonds. The van der Waals surface area contributed by atoms with Gasteiger partial charge in [0.15, 0.2) is 0 Å². The van der Waals surface area contributed by atoms with Gasteiger partial charge in [-0.2, -0.15) is 5.10 Å². The molecule has 0 bridgehead atoms. The average Bonchev–Trinajstić information content (AvgIpc) is 2.85. The van der Waals surface area contributed by atoms with E-state index in [-0.39, 0.29) is 0 Å². The van der Waals surface area contributed by atoms with E-state index >= 15 is 0 Å². The number of ketones is 1. The maximum absolute atomic E-state index is 11.9. The Bertz CT molecular complexity index is 380. The third kappa shape index (κ3) is 3.95. The highest BCUT2D eigenvalue weighted by atomic mass is 16.1. The number of aryl methyl sites for hydroxylation is 1. The number of carbonyl (C=O) groups is 1. The first-order valence-electron chi connectivity index (χ1n) is 7.01. The Hall–Kier alpha value is -1.16. The van der Waals surface area contributed by atoms with Gasteiger partial charge in [-0.25, -0.2) is 0 Å². The van der Waals surface area contributed by atoms with E-state index in [1.165, 1.54) is 12.8 Å². The van der Waals surface area contributed by atoms with Gasteiger partial charge in [0, 0.05) is 25.6 Å². The lowest BCUT2D eigenvalue weighted by molar-refractivity contribution is -0.118. The molecule has 0 atom stereocenters. The second-order valence-corrected chi connectivity index (χ2v) is 5.15. The van der Waals surface area contributed by atoms with E-state index in [2.05, 4.69) is 17.3 Å². The lowest BCUT2D eigenvalue weighted by Crippen LogP contribution is -2.28. The molecule has 0 unspecified atom stereocenters. The lowest BCUT2D eigenvalue weighted by Gasteiger charge is -2.21. The Labute approximate surface area is 109 Å². The molecule has 2 rings (SSSR count). The quantitative estimate of drug-likeness (QED) is 0.836. The molecular weight excluding hydrogens is 226 g/mol. The summed E-state index contributed by atoms with van der Waals surface area (Å²) in [5.41, 5.74) is 1.05. The van der Waals surface area contributed by atoms with E-state index in [1.54, 1.807) is 0 Å². The highest BCUT2D eigenvalue weighted by molar-refractivity contribution is 5.80. The molecule has 0 aliphatic carbocycles. The molecule has 1 aromatic heterocycles. The molecule has 1 N–H and O–H groups in total. The van der Waals surface area contributed by atoms with Gasteiger partial charge < -0.3 is 5.32 Å². The van der Waals surface area contributed by atoms with Crippen LogP contribution in [0.3, 0.4) is 0 Å². The van der Waals surface area contributed by atoms with Crippen LogP contribution in [-0.2, 0) is 17.8 Å². The van der Waals surface area contributed by atoms with Crippen molar-refractivity contribution >= 4 is 5.78 Å². The molecule has 1 aliphatic heterocycles. The van der Waals surface area contributed by atoms with Gasteiger partial charge in [-0.15, -0.1) is 0 Å². The van der Waals surface area contributed by atoms with Crippen molar-refractivity contribution in [1.29, 1.82) is 0 Å². The summed E-state index contributed by atoms with van der Waals surface area (Å²) in [4.78, 5) is 11.9. The summed E-state index contributed by atoms with van der Waals surface area (Å²) >= 11 is 0. The molecule has 1 aliphatic rings. The van der Waals surface area contributed by atoms with Crippen LogP contribution in [0.25, 0.3) is 0 Å². The molecule has 0 aromatic carbocycles. The van der Waals surface area contributed by atoms with E-state index in [0.29, 0.717) is 12.2 Å². The number of carbonyl (C=O) groups excluding carboxylic acids is 1. The van der Waals surface area contributed by atoms with Gasteiger partial charge in [-0.3, -0.25) is 9.48 Å². The van der Waals surface area contributed by atoms with Crippen LogP contribution in [0.2, 0.25) is 0 Å². The van der Waals surface area contributed by atoms with Crippen molar-refractivity contribution < 1.29 is 4.79 Å². The highest BCUT2D eigenvalue weighted by Crippen LogP contribution is 2.18. The number of Topliss-reactive ketones (excluding diaryl/α,β-unsaturated/α-hetero) is 1. The third-order valence-corrected chi connectivity index (χ3v) is 3.70. The number of piperidine rings is 1. The second-order valence-electron chi connectivity index (χ2n) is 5.15. The van der Waals surface area contributed by atoms with Crippen molar-refractivity contribution in [2.24, 2.45) is 5.92 Å². The molecule has 2 heterocycles. The van der Waals surface area contributed by atoms with Gasteiger partial charge in [0.1, 0.15) is 5.78 Å². The monoisotopic (exact) mass is 249 g/mol. The summed E-state index contributed by atoms with van der Waals surface area (Å²) in [6.07, 6.45) is 8.56. The summed E-state index contributed by atoms with van der Waals surface area (Å²) in [5.74, 6) is 1.10. The Morgan fingerprint density at radius 1 is 1.50 bits per heavy atom. The zero-order valence-corrected chi connectivity index (χ0v) is 11.2. The van der Waals surface area contributed by atoms with Crippen LogP contribution < -0.4 is 5.32 Å². The van der Waals surface area contributed by atoms with Crippen LogP contribution in [-0.4, -0.2) is 28.7 Å². The van der Waals surface area contributed by atoms with Gasteiger partial charge in [0.25, 0.3) is 0 Å². The smallest absolute Gasteiger partial charge is 0.137 e. The first kappa shape index (κ1) is 13.3. The van der Waals surface area contributed by atoms with Gasteiger partial charge in [0.2, 0.25) is 0 Å². The predicted octanol–water partition coefficient (Wildman–Crippen LogP) is 1.79. The van der Waals surface area contributed by atoms with Crippen LogP contribution >= 0.6 is 0 Å². The maximum Gasteiger partial charge on any atom is 0.137 e. The molecular formula is C14H23N3O. The zero-order chi connectivity index (χ0) is 12.8. The van der Waals surface area contributed by atoms with Gasteiger partial charge >= 0.3 is 0 Å². The van der Waals surface area contributed by atoms with E-state index < -0.39 is 0 Å². The van der Waals surface area contributed by atoms with Crippen LogP contribution in [0.15, 0.2) is 12.4 Å². The average molecular weight is 249 g/mol. The normalized spacial score (nSPS) is 16.9. The lowest BCUT2D eigenvalue weighted by atomic mass is 9.91. The second kappa shape index (κ2) is 6.69. The molecule has 0 saturated carbocycles. The van der Waals surface area contributed by atoms with Crippen molar-refractivity contribution in [2.75, 3.05) is 13.1 Å². The Balaban J connectivity index is 1.71. The summed E-state index contributed by atoms with van der Waals surface area (Å²) < 4.78 is 1.87. The Morgan fingerprint density at radius 3 is 2.94 bits per heavy atom. The van der Waals surface area contributed by atoms with Crippen molar-refractivity contribution in [3.05, 3.63) is 18.0 Å². The van der Waals surface area contributed by atoms with Crippen molar-refractivity contribution in [3.8, 4) is 0 Å². The molecule has 4 heteroatoms. The van der Waals surface area contributed by atoms with Crippen LogP contribution in [0.1, 0.15) is 38.2 Å². The van der Waals surface area contributed by atoms with Crippen molar-refractivity contribution in [1.82, 2.24) is 15.1 Å². The molecule has 1 saturated heterocycles. The highest BCUT2D eigenvalue weighted by Gasteiger charge is 2.14. The standard InChI is InChI=1S/C14H23N3O/c1-2-17-11-13(10-16-17)9-14(18)4-3-12-5-7-15-8-6-12/h10-12,15H,2-9H2,1H3. The minimum Gasteiger partial charge on any atom is -0.317 e. The van der Waals surface area contributed by atoms with Gasteiger partial charge in [0.05, 0.1) is 6.20 Å². The van der Waals surface area contributed by atoms with Crippen LogP contribution in [0.5, 0.6) is 0 Å². The van der Waals surface area contributed by atoms with Gasteiger partial charge in [-0.05, 0) is 50.8 Å². The molecule has 0 radical (unpaired) electrons. The summed E-state index contributed by atoms with van der Waals surface area (Å²) in [6, 6.07) is 0. The van der Waals surface area contributed by atoms with E-state index in [0.717, 1.165) is 44.0 Å². The van der Waals surface area contributed by atoms with E-state index in [1.807, 2.05) is 17.1 Å². The van der Waals surface area contributed by atoms with E-state index in [9.17, 15) is 4.79 Å². The molecule has 1 fully saturated rings. The molecule has 1 aromatic rings. The van der Waals surface area contributed by atoms with Crippen LogP contribution in [0.4, 0.5) is 0 Å². The SMILES string of the molecule is CCn1cc(CC(=O)CCC2CCNCC2)cn1. The molecule has 100 valence electrons. The number of hydrogen-bond donors (Lipinski definition) is 1. The predicted molar refractivity (Wildman–Crippen MR) is 71.4 cm³/mol. The summed E-state index contributed by atoms with van der Waals surface area (Å²) in [7, 11) is 0. The number of nitrogens with one attached hydrogen (secondary N) is 1. The van der Waals surface area contributed by atoms with Crippen molar-refractivity contribution in [3.63, 3.8) is 0 Å². The van der Waals surface area contributed by atoms with Crippen molar-refractivity contribution in [2.45, 2.75) is 45.6 Å². The maximum atomic E-state index is 11.9. The third-order valence-electron chi connectivity index (χ3n) is 3.70. The Kier molecular flexibility index (Phi) is 4.93. The largest absolute Gasteiger partial charge is 0.317 e. The fourth-order valence-electron chi connectivity index (χ4n) is 2.52. The zero-order valence-electron chi connectivity index (χ0n) is 11.2. The molecule has 4 nitrogen and oxygen atoms in total. The Morgan fingerprint density at radius 2 is 2.28 bits per heavy atom. The first-order valence-corrected chi connectivity index (χ1v) is 7.01. The topological polar surface area (TPSA) is 46.9 Å². The fourth-order valence-corrected chi connectivity index (χ4v) is 2.52. The molecule has 0 spiro atoms. The summed E-state index contributed by atoms with van der Waals surface area (Å²) in [6.45, 7) is 5.14. The first-order chi connectivity index (χ1) is 8.78. The van der Waals surface area contributed by atoms with Gasteiger partial charge in [-0.1, -0.05) is 0 Å². The molecule has 18 heavy (non-hydrogen) atoms. The number of hydrogen-bond acceptors (Lipinski definition) is 3. The van der Waals surface area contributed by atoms with Crippen LogP contribution in [0, 0.1) is 5.92 Å².